The summed E-state index contributed by atoms with van der Waals surface area (Å²) in [7, 11) is 0. The van der Waals surface area contributed by atoms with Gasteiger partial charge in [-0.3, -0.25) is 0 Å². The molecule has 0 saturated carbocycles. The van der Waals surface area contributed by atoms with E-state index in [0.29, 0.717) is 0 Å². The third-order valence-electron chi connectivity index (χ3n) is 0.172. The quantitative estimate of drug-likeness (QED) is 0.337. The standard InChI is InChI=1S/CH3NO2S2/c2-1(5)6(3)4/h(H2,2,5)(H,3,4). The molecule has 0 spiro atoms. The average molecular weight is 125 g/mol. The summed E-state index contributed by atoms with van der Waals surface area (Å²) in [6, 6.07) is 0. The highest BCUT2D eigenvalue weighted by atomic mass is 32.2. The normalized spacial score (nSPS) is 13.5. The van der Waals surface area contributed by atoms with Crippen LogP contribution in [-0.2, 0) is 11.1 Å². The smallest absolute Gasteiger partial charge is 0.214 e. The average Bonchev–Trinajstić information content (AvgIpc) is 1.36. The highest BCUT2D eigenvalue weighted by Gasteiger charge is 1.90. The van der Waals surface area contributed by atoms with Gasteiger partial charge in [-0.2, -0.15) is 0 Å². The first-order valence-electron chi connectivity index (χ1n) is 1.05. The highest BCUT2D eigenvalue weighted by Crippen LogP contribution is 1.67. The van der Waals surface area contributed by atoms with Gasteiger partial charge in [0.2, 0.25) is 11.1 Å². The van der Waals surface area contributed by atoms with E-state index in [9.17, 15) is 4.21 Å². The number of thiocarbonyl (C=S) groups is 1. The summed E-state index contributed by atoms with van der Waals surface area (Å²) in [6.07, 6.45) is 0. The Kier molecular flexibility index (Phi) is 2.22. The summed E-state index contributed by atoms with van der Waals surface area (Å²) in [6.45, 7) is 0. The minimum absolute atomic E-state index is 0.380. The Hall–Kier alpha value is -0.0000000000000000486. The molecule has 0 amide bonds. The molecule has 0 aromatic rings. The molecule has 0 aromatic carbocycles. The van der Waals surface area contributed by atoms with Gasteiger partial charge in [0, 0.05) is 0 Å². The van der Waals surface area contributed by atoms with Gasteiger partial charge in [-0.1, -0.05) is 0 Å². The van der Waals surface area contributed by atoms with Crippen molar-refractivity contribution >= 4 is 27.6 Å². The van der Waals surface area contributed by atoms with Crippen LogP contribution in [0.1, 0.15) is 0 Å². The molecule has 0 aromatic heterocycles. The fourth-order valence-electron chi connectivity index (χ4n) is 0. The van der Waals surface area contributed by atoms with Crippen LogP contribution >= 0.6 is 12.2 Å². The van der Waals surface area contributed by atoms with Crippen molar-refractivity contribution < 1.29 is 8.76 Å². The van der Waals surface area contributed by atoms with Crippen LogP contribution in [0.5, 0.6) is 0 Å². The van der Waals surface area contributed by atoms with Crippen LogP contribution in [-0.4, -0.2) is 13.1 Å². The second kappa shape index (κ2) is 2.22. The molecule has 3 N–H and O–H groups in total. The third kappa shape index (κ3) is 2.25. The molecule has 0 rings (SSSR count). The van der Waals surface area contributed by atoms with Crippen LogP contribution in [0.25, 0.3) is 0 Å². The van der Waals surface area contributed by atoms with E-state index in [1.54, 1.807) is 0 Å². The summed E-state index contributed by atoms with van der Waals surface area (Å²) >= 11 is 1.94. The van der Waals surface area contributed by atoms with Gasteiger partial charge in [0.1, 0.15) is 0 Å². The molecule has 5 heteroatoms. The molecule has 36 valence electrons. The molecular weight excluding hydrogens is 122 g/mol. The van der Waals surface area contributed by atoms with Crippen molar-refractivity contribution in [3.05, 3.63) is 0 Å². The fourth-order valence-corrected chi connectivity index (χ4v) is 0. The number of nitrogens with two attached hydrogens (primary N) is 1. The van der Waals surface area contributed by atoms with Crippen LogP contribution in [0.2, 0.25) is 0 Å². The van der Waals surface area contributed by atoms with Crippen molar-refractivity contribution in [3.8, 4) is 0 Å². The summed E-state index contributed by atoms with van der Waals surface area (Å²) in [4.78, 5) is 0. The second-order valence-electron chi connectivity index (χ2n) is 0.568. The molecule has 0 bridgehead atoms. The van der Waals surface area contributed by atoms with Gasteiger partial charge in [0.05, 0.1) is 0 Å². The summed E-state index contributed by atoms with van der Waals surface area (Å²) < 4.78 is 17.0. The van der Waals surface area contributed by atoms with Crippen molar-refractivity contribution in [2.45, 2.75) is 0 Å². The van der Waals surface area contributed by atoms with Gasteiger partial charge in [-0.15, -0.1) is 0 Å². The van der Waals surface area contributed by atoms with Crippen molar-refractivity contribution in [3.63, 3.8) is 0 Å². The van der Waals surface area contributed by atoms with Crippen molar-refractivity contribution in [2.75, 3.05) is 0 Å². The van der Waals surface area contributed by atoms with E-state index in [2.05, 4.69) is 18.0 Å². The van der Waals surface area contributed by atoms with E-state index in [1.807, 2.05) is 0 Å². The number of hydrogen-bond donors (Lipinski definition) is 2. The third-order valence-corrected chi connectivity index (χ3v) is 0.944. The molecule has 3 nitrogen and oxygen atoms in total. The van der Waals surface area contributed by atoms with Crippen LogP contribution in [0.15, 0.2) is 0 Å². The SMILES string of the molecule is NC(=S)S(=O)O. The molecule has 0 aliphatic carbocycles. The molecule has 1 unspecified atom stereocenters. The molecule has 0 aliphatic rings. The predicted octanol–water partition coefficient (Wildman–Crippen LogP) is -0.548. The Morgan fingerprint density at radius 2 is 2.17 bits per heavy atom. The molecular formula is CH3NO2S2. The minimum Gasteiger partial charge on any atom is -0.381 e. The van der Waals surface area contributed by atoms with Crippen LogP contribution < -0.4 is 5.73 Å². The van der Waals surface area contributed by atoms with E-state index in [1.165, 1.54) is 0 Å². The lowest BCUT2D eigenvalue weighted by Gasteiger charge is -1.79. The molecule has 0 fully saturated rings. The van der Waals surface area contributed by atoms with E-state index in [0.717, 1.165) is 0 Å². The molecule has 0 radical (unpaired) electrons. The first-order valence-corrected chi connectivity index (χ1v) is 2.56. The van der Waals surface area contributed by atoms with Gasteiger partial charge in [-0.05, 0) is 12.2 Å². The van der Waals surface area contributed by atoms with E-state index in [-0.39, 0.29) is 4.32 Å². The van der Waals surface area contributed by atoms with Gasteiger partial charge >= 0.3 is 0 Å². The van der Waals surface area contributed by atoms with E-state index in [4.69, 9.17) is 4.55 Å². The van der Waals surface area contributed by atoms with Crippen molar-refractivity contribution in [2.24, 2.45) is 5.73 Å². The molecule has 1 atom stereocenters. The molecule has 0 saturated heterocycles. The topological polar surface area (TPSA) is 63.3 Å². The Balaban J connectivity index is 3.57. The van der Waals surface area contributed by atoms with E-state index >= 15 is 0 Å². The Bertz CT molecular complexity index is 77.5. The fraction of sp³-hybridized carbons (Fsp3) is 0. The highest BCUT2D eigenvalue weighted by molar-refractivity contribution is 8.09. The maximum atomic E-state index is 9.54. The van der Waals surface area contributed by atoms with Crippen LogP contribution in [0, 0.1) is 0 Å². The molecule has 0 aliphatic heterocycles. The Labute approximate surface area is 42.8 Å². The van der Waals surface area contributed by atoms with Crippen LogP contribution in [0.3, 0.4) is 0 Å². The lowest BCUT2D eigenvalue weighted by atomic mass is 11.5. The first-order chi connectivity index (χ1) is 2.64. The van der Waals surface area contributed by atoms with Gasteiger partial charge in [-0.25, -0.2) is 4.21 Å². The number of hydrogen-bond acceptors (Lipinski definition) is 2. The van der Waals surface area contributed by atoms with Crippen molar-refractivity contribution in [1.82, 2.24) is 0 Å². The molecule has 6 heavy (non-hydrogen) atoms. The maximum Gasteiger partial charge on any atom is 0.214 e. The van der Waals surface area contributed by atoms with E-state index < -0.39 is 11.1 Å². The lowest BCUT2D eigenvalue weighted by Crippen LogP contribution is -2.13. The maximum absolute atomic E-state index is 9.54. The summed E-state index contributed by atoms with van der Waals surface area (Å²) in [5.41, 5.74) is 4.62. The zero-order valence-corrected chi connectivity index (χ0v) is 4.38. The second-order valence-corrected chi connectivity index (χ2v) is 2.20. The monoisotopic (exact) mass is 125 g/mol. The van der Waals surface area contributed by atoms with Gasteiger partial charge in [0.15, 0.2) is 4.32 Å². The first kappa shape index (κ1) is 6.00. The lowest BCUT2D eigenvalue weighted by molar-refractivity contribution is 0.577. The van der Waals surface area contributed by atoms with Gasteiger partial charge < -0.3 is 10.3 Å². The largest absolute Gasteiger partial charge is 0.381 e. The molecule has 0 heterocycles. The van der Waals surface area contributed by atoms with Crippen LogP contribution in [0.4, 0.5) is 0 Å². The Morgan fingerprint density at radius 1 is 2.00 bits per heavy atom. The summed E-state index contributed by atoms with van der Waals surface area (Å²) in [5, 5.41) is 0. The van der Waals surface area contributed by atoms with Gasteiger partial charge in [0.25, 0.3) is 0 Å². The minimum atomic E-state index is -2.11. The van der Waals surface area contributed by atoms with Crippen molar-refractivity contribution in [1.29, 1.82) is 0 Å². The summed E-state index contributed by atoms with van der Waals surface area (Å²) in [5.74, 6) is 0. The number of rotatable bonds is 0. The predicted molar refractivity (Wildman–Crippen MR) is 27.6 cm³/mol. The zero-order valence-electron chi connectivity index (χ0n) is 2.75. The zero-order chi connectivity index (χ0) is 5.15. The Morgan fingerprint density at radius 3 is 2.17 bits per heavy atom.